The number of para-hydroxylation sites is 1. The average Bonchev–Trinajstić information content (AvgIpc) is 2.65. The molecule has 152 valence electrons. The second kappa shape index (κ2) is 9.10. The van der Waals surface area contributed by atoms with Gasteiger partial charge in [0.2, 0.25) is 0 Å². The molecule has 28 heavy (non-hydrogen) atoms. The SMILES string of the molecule is CCCNC(=O)c1ccccc1NS(=O)(=O)c1cc(C(C)C)c(OC)cc1C. The summed E-state index contributed by atoms with van der Waals surface area (Å²) in [5.41, 5.74) is 1.91. The number of aryl methyl sites for hydroxylation is 1. The van der Waals surface area contributed by atoms with Gasteiger partial charge in [-0.2, -0.15) is 0 Å². The van der Waals surface area contributed by atoms with Gasteiger partial charge in [-0.3, -0.25) is 9.52 Å². The van der Waals surface area contributed by atoms with Crippen LogP contribution in [0.3, 0.4) is 0 Å². The number of ether oxygens (including phenoxy) is 1. The number of nitrogens with one attached hydrogen (secondary N) is 2. The van der Waals surface area contributed by atoms with Crippen LogP contribution in [0.2, 0.25) is 0 Å². The number of methoxy groups -OCH3 is 1. The molecule has 0 saturated heterocycles. The highest BCUT2D eigenvalue weighted by Gasteiger charge is 2.23. The molecule has 0 bridgehead atoms. The predicted molar refractivity (Wildman–Crippen MR) is 112 cm³/mol. The second-order valence-electron chi connectivity index (χ2n) is 6.92. The van der Waals surface area contributed by atoms with Gasteiger partial charge in [-0.25, -0.2) is 8.42 Å². The lowest BCUT2D eigenvalue weighted by Gasteiger charge is -2.18. The van der Waals surface area contributed by atoms with E-state index < -0.39 is 10.0 Å². The maximum Gasteiger partial charge on any atom is 0.262 e. The molecule has 0 unspecified atom stereocenters. The predicted octanol–water partition coefficient (Wildman–Crippen LogP) is 4.07. The number of rotatable bonds is 8. The molecule has 0 spiro atoms. The number of anilines is 1. The number of hydrogen-bond acceptors (Lipinski definition) is 4. The van der Waals surface area contributed by atoms with Crippen LogP contribution < -0.4 is 14.8 Å². The first-order valence-electron chi connectivity index (χ1n) is 9.29. The van der Waals surface area contributed by atoms with Crippen LogP contribution in [-0.2, 0) is 10.0 Å². The number of sulfonamides is 1. The molecule has 2 aromatic carbocycles. The van der Waals surface area contributed by atoms with Crippen LogP contribution in [0.4, 0.5) is 5.69 Å². The van der Waals surface area contributed by atoms with Crippen molar-refractivity contribution >= 4 is 21.6 Å². The summed E-state index contributed by atoms with van der Waals surface area (Å²) in [6.45, 7) is 8.15. The van der Waals surface area contributed by atoms with Gasteiger partial charge in [-0.15, -0.1) is 0 Å². The van der Waals surface area contributed by atoms with E-state index in [4.69, 9.17) is 4.74 Å². The van der Waals surface area contributed by atoms with Crippen molar-refractivity contribution in [3.8, 4) is 5.75 Å². The maximum absolute atomic E-state index is 13.1. The summed E-state index contributed by atoms with van der Waals surface area (Å²) >= 11 is 0. The summed E-state index contributed by atoms with van der Waals surface area (Å²) in [7, 11) is -2.32. The van der Waals surface area contributed by atoms with Crippen molar-refractivity contribution in [1.29, 1.82) is 0 Å². The molecule has 1 amide bonds. The van der Waals surface area contributed by atoms with Gasteiger partial charge in [0.1, 0.15) is 5.75 Å². The van der Waals surface area contributed by atoms with E-state index in [9.17, 15) is 13.2 Å². The minimum absolute atomic E-state index is 0.0941. The van der Waals surface area contributed by atoms with Crippen molar-refractivity contribution in [2.45, 2.75) is 44.9 Å². The van der Waals surface area contributed by atoms with Gasteiger partial charge in [-0.1, -0.05) is 32.9 Å². The zero-order valence-electron chi connectivity index (χ0n) is 17.0. The molecule has 2 N–H and O–H groups in total. The second-order valence-corrected chi connectivity index (χ2v) is 8.57. The molecule has 0 heterocycles. The summed E-state index contributed by atoms with van der Waals surface area (Å²) in [5.74, 6) is 0.442. The molecule has 0 atom stereocenters. The van der Waals surface area contributed by atoms with Gasteiger partial charge >= 0.3 is 0 Å². The van der Waals surface area contributed by atoms with Crippen molar-refractivity contribution in [3.63, 3.8) is 0 Å². The van der Waals surface area contributed by atoms with Crippen LogP contribution in [0.25, 0.3) is 0 Å². The first-order chi connectivity index (χ1) is 13.2. The zero-order chi connectivity index (χ0) is 20.9. The smallest absolute Gasteiger partial charge is 0.262 e. The first-order valence-corrected chi connectivity index (χ1v) is 10.8. The standard InChI is InChI=1S/C21H28N2O4S/c1-6-11-22-21(24)16-9-7-8-10-18(16)23-28(25,26)20-13-17(14(2)3)19(27-5)12-15(20)4/h7-10,12-14,23H,6,11H2,1-5H3,(H,22,24). The molecule has 2 rings (SSSR count). The third-order valence-corrected chi connectivity index (χ3v) is 5.90. The van der Waals surface area contributed by atoms with Crippen molar-refractivity contribution in [3.05, 3.63) is 53.1 Å². The summed E-state index contributed by atoms with van der Waals surface area (Å²) in [5, 5.41) is 2.77. The number of amides is 1. The Morgan fingerprint density at radius 1 is 1.18 bits per heavy atom. The summed E-state index contributed by atoms with van der Waals surface area (Å²) in [6, 6.07) is 9.94. The Balaban J connectivity index is 2.45. The zero-order valence-corrected chi connectivity index (χ0v) is 17.8. The quantitative estimate of drug-likeness (QED) is 0.695. The summed E-state index contributed by atoms with van der Waals surface area (Å²) < 4.78 is 34.2. The molecular weight excluding hydrogens is 376 g/mol. The highest BCUT2D eigenvalue weighted by atomic mass is 32.2. The molecule has 6 nitrogen and oxygen atoms in total. The fourth-order valence-corrected chi connectivity index (χ4v) is 4.24. The number of carbonyl (C=O) groups excluding carboxylic acids is 1. The normalized spacial score (nSPS) is 11.4. The molecule has 0 aliphatic heterocycles. The first kappa shape index (κ1) is 21.8. The van der Waals surface area contributed by atoms with Crippen molar-refractivity contribution < 1.29 is 17.9 Å². The number of carbonyl (C=O) groups is 1. The Morgan fingerprint density at radius 3 is 2.46 bits per heavy atom. The van der Waals surface area contributed by atoms with Gasteiger partial charge in [0.15, 0.2) is 0 Å². The highest BCUT2D eigenvalue weighted by Crippen LogP contribution is 2.32. The monoisotopic (exact) mass is 404 g/mol. The summed E-state index contributed by atoms with van der Waals surface area (Å²) in [4.78, 5) is 12.5. The molecule has 0 aliphatic carbocycles. The minimum atomic E-state index is -3.89. The molecule has 0 aromatic heterocycles. The van der Waals surface area contributed by atoms with E-state index in [-0.39, 0.29) is 28.0 Å². The molecule has 7 heteroatoms. The third kappa shape index (κ3) is 4.84. The van der Waals surface area contributed by atoms with Gasteiger partial charge in [0.25, 0.3) is 15.9 Å². The lowest BCUT2D eigenvalue weighted by molar-refractivity contribution is 0.0954. The van der Waals surface area contributed by atoms with Crippen molar-refractivity contribution in [2.75, 3.05) is 18.4 Å². The third-order valence-electron chi connectivity index (χ3n) is 4.39. The molecule has 0 aliphatic rings. The fraction of sp³-hybridized carbons (Fsp3) is 0.381. The van der Waals surface area contributed by atoms with Crippen LogP contribution in [0.1, 0.15) is 54.6 Å². The van der Waals surface area contributed by atoms with Gasteiger partial charge < -0.3 is 10.1 Å². The van der Waals surface area contributed by atoms with Gasteiger partial charge in [0, 0.05) is 6.54 Å². The number of hydrogen-bond donors (Lipinski definition) is 2. The van der Waals surface area contributed by atoms with E-state index in [1.165, 1.54) is 0 Å². The van der Waals surface area contributed by atoms with E-state index >= 15 is 0 Å². The highest BCUT2D eigenvalue weighted by molar-refractivity contribution is 7.92. The van der Waals surface area contributed by atoms with E-state index in [0.717, 1.165) is 12.0 Å². The van der Waals surface area contributed by atoms with E-state index in [0.29, 0.717) is 17.9 Å². The largest absolute Gasteiger partial charge is 0.496 e. The molecule has 0 fully saturated rings. The minimum Gasteiger partial charge on any atom is -0.496 e. The molecule has 0 saturated carbocycles. The maximum atomic E-state index is 13.1. The van der Waals surface area contributed by atoms with Crippen LogP contribution in [0, 0.1) is 6.92 Å². The Bertz CT molecular complexity index is 953. The number of benzene rings is 2. The Morgan fingerprint density at radius 2 is 1.86 bits per heavy atom. The van der Waals surface area contributed by atoms with Crippen LogP contribution in [0.15, 0.2) is 41.3 Å². The van der Waals surface area contributed by atoms with E-state index in [1.54, 1.807) is 50.4 Å². The molecular formula is C21H28N2O4S. The van der Waals surface area contributed by atoms with Gasteiger partial charge in [0.05, 0.1) is 23.3 Å². The summed E-state index contributed by atoms with van der Waals surface area (Å²) in [6.07, 6.45) is 0.794. The van der Waals surface area contributed by atoms with Crippen molar-refractivity contribution in [2.24, 2.45) is 0 Å². The Kier molecular flexibility index (Phi) is 7.07. The fourth-order valence-electron chi connectivity index (χ4n) is 2.90. The van der Waals surface area contributed by atoms with Crippen molar-refractivity contribution in [1.82, 2.24) is 5.32 Å². The van der Waals surface area contributed by atoms with Crippen LogP contribution >= 0.6 is 0 Å². The van der Waals surface area contributed by atoms with Crippen LogP contribution in [0.5, 0.6) is 5.75 Å². The Labute approximate surface area is 167 Å². The topological polar surface area (TPSA) is 84.5 Å². The molecule has 2 aromatic rings. The van der Waals surface area contributed by atoms with E-state index in [1.807, 2.05) is 20.8 Å². The lowest BCUT2D eigenvalue weighted by Crippen LogP contribution is -2.26. The molecule has 0 radical (unpaired) electrons. The van der Waals surface area contributed by atoms with Crippen LogP contribution in [-0.4, -0.2) is 28.0 Å². The Hall–Kier alpha value is -2.54. The van der Waals surface area contributed by atoms with E-state index in [2.05, 4.69) is 10.0 Å². The average molecular weight is 405 g/mol. The lowest BCUT2D eigenvalue weighted by atomic mass is 10.0. The van der Waals surface area contributed by atoms with Gasteiger partial charge in [-0.05, 0) is 54.7 Å².